The van der Waals surface area contributed by atoms with Crippen molar-refractivity contribution in [2.45, 2.75) is 17.1 Å². The van der Waals surface area contributed by atoms with Crippen molar-refractivity contribution in [3.8, 4) is 0 Å². The lowest BCUT2D eigenvalue weighted by molar-refractivity contribution is -0.115. The normalized spacial score (nSPS) is 11.8. The van der Waals surface area contributed by atoms with Crippen LogP contribution in [0.1, 0.15) is 17.3 Å². The summed E-state index contributed by atoms with van der Waals surface area (Å²) in [6, 6.07) is 9.29. The molecular formula is C16H14F2N2O2S. The molecule has 0 aliphatic carbocycles. The van der Waals surface area contributed by atoms with Crippen LogP contribution in [0, 0.1) is 11.6 Å². The Bertz CT molecular complexity index is 735. The van der Waals surface area contributed by atoms with Gasteiger partial charge in [-0.2, -0.15) is 0 Å². The Morgan fingerprint density at radius 2 is 1.78 bits per heavy atom. The first kappa shape index (κ1) is 17.0. The number of nitrogens with two attached hydrogens (primary N) is 1. The summed E-state index contributed by atoms with van der Waals surface area (Å²) in [4.78, 5) is 23.3. The van der Waals surface area contributed by atoms with E-state index in [1.54, 1.807) is 19.1 Å². The zero-order valence-corrected chi connectivity index (χ0v) is 13.0. The van der Waals surface area contributed by atoms with Gasteiger partial charge >= 0.3 is 0 Å². The summed E-state index contributed by atoms with van der Waals surface area (Å²) in [5, 5.41) is 2.06. The monoisotopic (exact) mass is 336 g/mol. The fourth-order valence-corrected chi connectivity index (χ4v) is 2.64. The standard InChI is InChI=1S/C16H14F2N2O2S/c1-9(23-14-7-4-11(17)8-13(14)18)16(22)20-12-5-2-10(3-6-12)15(19)21/h2-9H,1H3,(H2,19,21)(H,20,22)/t9-/m0/s1. The van der Waals surface area contributed by atoms with Gasteiger partial charge < -0.3 is 11.1 Å². The second kappa shape index (κ2) is 7.23. The molecule has 0 radical (unpaired) electrons. The van der Waals surface area contributed by atoms with Crippen molar-refractivity contribution >= 4 is 29.3 Å². The van der Waals surface area contributed by atoms with Gasteiger partial charge in [0.2, 0.25) is 11.8 Å². The van der Waals surface area contributed by atoms with Crippen LogP contribution in [-0.2, 0) is 4.79 Å². The SMILES string of the molecule is C[C@H](Sc1ccc(F)cc1F)C(=O)Nc1ccc(C(N)=O)cc1. The molecular weight excluding hydrogens is 322 g/mol. The van der Waals surface area contributed by atoms with Crippen LogP contribution >= 0.6 is 11.8 Å². The largest absolute Gasteiger partial charge is 0.366 e. The van der Waals surface area contributed by atoms with Gasteiger partial charge in [0.1, 0.15) is 11.6 Å². The van der Waals surface area contributed by atoms with Gasteiger partial charge in [0.15, 0.2) is 0 Å². The molecule has 0 bridgehead atoms. The maximum absolute atomic E-state index is 13.6. The zero-order valence-electron chi connectivity index (χ0n) is 12.2. The number of thioether (sulfide) groups is 1. The number of nitrogens with one attached hydrogen (secondary N) is 1. The first-order valence-corrected chi connectivity index (χ1v) is 7.57. The van der Waals surface area contributed by atoms with Crippen LogP contribution in [0.5, 0.6) is 0 Å². The Labute approximate surface area is 136 Å². The first-order chi connectivity index (χ1) is 10.9. The summed E-state index contributed by atoms with van der Waals surface area (Å²) in [5.74, 6) is -2.27. The van der Waals surface area contributed by atoms with Crippen LogP contribution < -0.4 is 11.1 Å². The minimum absolute atomic E-state index is 0.193. The van der Waals surface area contributed by atoms with E-state index < -0.39 is 22.8 Å². The third-order valence-electron chi connectivity index (χ3n) is 3.00. The molecule has 0 saturated carbocycles. The molecule has 0 unspecified atom stereocenters. The van der Waals surface area contributed by atoms with E-state index in [0.717, 1.165) is 23.9 Å². The van der Waals surface area contributed by atoms with E-state index in [1.165, 1.54) is 18.2 Å². The van der Waals surface area contributed by atoms with E-state index in [2.05, 4.69) is 5.32 Å². The van der Waals surface area contributed by atoms with Crippen molar-refractivity contribution in [2.24, 2.45) is 5.73 Å². The van der Waals surface area contributed by atoms with Crippen LogP contribution in [-0.4, -0.2) is 17.1 Å². The molecule has 2 amide bonds. The highest BCUT2D eigenvalue weighted by Crippen LogP contribution is 2.27. The van der Waals surface area contributed by atoms with E-state index in [9.17, 15) is 18.4 Å². The maximum atomic E-state index is 13.6. The molecule has 23 heavy (non-hydrogen) atoms. The van der Waals surface area contributed by atoms with Crippen LogP contribution in [0.3, 0.4) is 0 Å². The highest BCUT2D eigenvalue weighted by molar-refractivity contribution is 8.00. The van der Waals surface area contributed by atoms with Gasteiger partial charge in [-0.3, -0.25) is 9.59 Å². The van der Waals surface area contributed by atoms with Crippen molar-refractivity contribution in [2.75, 3.05) is 5.32 Å². The van der Waals surface area contributed by atoms with E-state index in [-0.39, 0.29) is 10.8 Å². The first-order valence-electron chi connectivity index (χ1n) is 6.69. The predicted octanol–water partition coefficient (Wildman–Crippen LogP) is 3.18. The Balaban J connectivity index is 2.00. The van der Waals surface area contributed by atoms with Gasteiger partial charge in [-0.1, -0.05) is 0 Å². The average molecular weight is 336 g/mol. The molecule has 0 fully saturated rings. The summed E-state index contributed by atoms with van der Waals surface area (Å²) in [6.07, 6.45) is 0. The molecule has 2 rings (SSSR count). The number of amides is 2. The van der Waals surface area contributed by atoms with Gasteiger partial charge in [0, 0.05) is 22.2 Å². The highest BCUT2D eigenvalue weighted by Gasteiger charge is 2.17. The number of hydrogen-bond acceptors (Lipinski definition) is 3. The third-order valence-corrected chi connectivity index (χ3v) is 4.16. The van der Waals surface area contributed by atoms with E-state index in [0.29, 0.717) is 11.3 Å². The molecule has 0 spiro atoms. The van der Waals surface area contributed by atoms with Crippen LogP contribution in [0.25, 0.3) is 0 Å². The molecule has 0 heterocycles. The second-order valence-electron chi connectivity index (χ2n) is 4.77. The number of halogens is 2. The maximum Gasteiger partial charge on any atom is 0.248 e. The summed E-state index contributed by atoms with van der Waals surface area (Å²) in [7, 11) is 0. The molecule has 0 aromatic heterocycles. The van der Waals surface area contributed by atoms with Gasteiger partial charge in [-0.25, -0.2) is 8.78 Å². The van der Waals surface area contributed by atoms with Gasteiger partial charge in [0.05, 0.1) is 5.25 Å². The van der Waals surface area contributed by atoms with Crippen molar-refractivity contribution in [3.05, 3.63) is 59.7 Å². The molecule has 7 heteroatoms. The molecule has 4 nitrogen and oxygen atoms in total. The van der Waals surface area contributed by atoms with Crippen molar-refractivity contribution in [3.63, 3.8) is 0 Å². The summed E-state index contributed by atoms with van der Waals surface area (Å²) in [6.45, 7) is 1.61. The van der Waals surface area contributed by atoms with E-state index >= 15 is 0 Å². The Morgan fingerprint density at radius 3 is 2.35 bits per heavy atom. The lowest BCUT2D eigenvalue weighted by Crippen LogP contribution is -2.22. The van der Waals surface area contributed by atoms with Crippen molar-refractivity contribution in [1.29, 1.82) is 0 Å². The zero-order chi connectivity index (χ0) is 17.0. The summed E-state index contributed by atoms with van der Waals surface area (Å²) >= 11 is 0.986. The fraction of sp³-hybridized carbons (Fsp3) is 0.125. The molecule has 2 aromatic rings. The number of rotatable bonds is 5. The molecule has 3 N–H and O–H groups in total. The van der Waals surface area contributed by atoms with Crippen molar-refractivity contribution in [1.82, 2.24) is 0 Å². The smallest absolute Gasteiger partial charge is 0.248 e. The Hall–Kier alpha value is -2.41. The molecule has 0 saturated heterocycles. The average Bonchev–Trinajstić information content (AvgIpc) is 2.50. The van der Waals surface area contributed by atoms with E-state index in [4.69, 9.17) is 5.73 Å². The minimum Gasteiger partial charge on any atom is -0.366 e. The number of carbonyl (C=O) groups is 2. The molecule has 2 aromatic carbocycles. The Morgan fingerprint density at radius 1 is 1.13 bits per heavy atom. The van der Waals surface area contributed by atoms with Gasteiger partial charge in [-0.05, 0) is 43.3 Å². The number of anilines is 1. The minimum atomic E-state index is -0.708. The van der Waals surface area contributed by atoms with Gasteiger partial charge in [0.25, 0.3) is 0 Å². The number of hydrogen-bond donors (Lipinski definition) is 2. The molecule has 120 valence electrons. The Kier molecular flexibility index (Phi) is 5.33. The van der Waals surface area contributed by atoms with Crippen LogP contribution in [0.4, 0.5) is 14.5 Å². The molecule has 0 aliphatic heterocycles. The van der Waals surface area contributed by atoms with Crippen molar-refractivity contribution < 1.29 is 18.4 Å². The van der Waals surface area contributed by atoms with Crippen LogP contribution in [0.2, 0.25) is 0 Å². The number of benzene rings is 2. The molecule has 0 aliphatic rings. The van der Waals surface area contributed by atoms with Crippen LogP contribution in [0.15, 0.2) is 47.4 Å². The quantitative estimate of drug-likeness (QED) is 0.824. The van der Waals surface area contributed by atoms with E-state index in [1.807, 2.05) is 0 Å². The predicted molar refractivity (Wildman–Crippen MR) is 85.3 cm³/mol. The topological polar surface area (TPSA) is 72.2 Å². The summed E-state index contributed by atoms with van der Waals surface area (Å²) in [5.41, 5.74) is 5.96. The lowest BCUT2D eigenvalue weighted by Gasteiger charge is -2.12. The number of primary amides is 1. The summed E-state index contributed by atoms with van der Waals surface area (Å²) < 4.78 is 26.4. The highest BCUT2D eigenvalue weighted by atomic mass is 32.2. The second-order valence-corrected chi connectivity index (χ2v) is 6.15. The fourth-order valence-electron chi connectivity index (χ4n) is 1.78. The molecule has 1 atom stereocenters. The lowest BCUT2D eigenvalue weighted by atomic mass is 10.2. The third kappa shape index (κ3) is 4.53. The van der Waals surface area contributed by atoms with Gasteiger partial charge in [-0.15, -0.1) is 11.8 Å². The number of carbonyl (C=O) groups excluding carboxylic acids is 2.